The van der Waals surface area contributed by atoms with Crippen LogP contribution in [-0.4, -0.2) is 78.5 Å². The summed E-state index contributed by atoms with van der Waals surface area (Å²) in [5.74, 6) is 0. The number of rotatable bonds is 18. The maximum Gasteiger partial charge on any atom is 0.126 e. The van der Waals surface area contributed by atoms with E-state index >= 15 is 0 Å². The highest BCUT2D eigenvalue weighted by molar-refractivity contribution is 4.56. The molecule has 0 saturated carbocycles. The van der Waals surface area contributed by atoms with E-state index in [0.29, 0.717) is 37.3 Å². The van der Waals surface area contributed by atoms with Crippen LogP contribution in [0, 0.1) is 0 Å². The lowest BCUT2D eigenvalue weighted by molar-refractivity contribution is -0.929. The maximum atomic E-state index is 10.2. The molecule has 0 aliphatic heterocycles. The molecule has 0 aliphatic carbocycles. The topological polar surface area (TPSA) is 69.9 Å². The summed E-state index contributed by atoms with van der Waals surface area (Å²) >= 11 is 0. The van der Waals surface area contributed by atoms with Crippen molar-refractivity contribution in [2.24, 2.45) is 0 Å². The zero-order valence-corrected chi connectivity index (χ0v) is 16.1. The van der Waals surface area contributed by atoms with Gasteiger partial charge < -0.3 is 24.5 Å². The molecule has 0 radical (unpaired) electrons. The highest BCUT2D eigenvalue weighted by Gasteiger charge is 2.27. The van der Waals surface area contributed by atoms with Gasteiger partial charge >= 0.3 is 0 Å². The Hall–Kier alpha value is -0.200. The molecule has 1 unspecified atom stereocenters. The molecule has 0 amide bonds. The summed E-state index contributed by atoms with van der Waals surface area (Å²) in [5, 5.41) is 28.6. The molecule has 146 valence electrons. The molecular weight excluding hydrogens is 306 g/mol. The van der Waals surface area contributed by atoms with Crippen LogP contribution in [0.4, 0.5) is 0 Å². The molecule has 0 fully saturated rings. The number of unbranched alkanes of at least 4 members (excludes halogenated alkanes) is 7. The molecule has 0 aromatic heterocycles. The maximum absolute atomic E-state index is 10.2. The molecule has 0 bridgehead atoms. The summed E-state index contributed by atoms with van der Waals surface area (Å²) in [7, 11) is 0. The summed E-state index contributed by atoms with van der Waals surface area (Å²) in [6.07, 6.45) is 9.67. The van der Waals surface area contributed by atoms with Crippen LogP contribution in [0.3, 0.4) is 0 Å². The fourth-order valence-corrected chi connectivity index (χ4v) is 3.22. The van der Waals surface area contributed by atoms with Crippen LogP contribution in [-0.2, 0) is 4.74 Å². The summed E-state index contributed by atoms with van der Waals surface area (Å²) in [6.45, 7) is 7.89. The molecule has 1 atom stereocenters. The Labute approximate surface area is 149 Å². The van der Waals surface area contributed by atoms with Crippen molar-refractivity contribution >= 4 is 0 Å². The number of aliphatic hydroxyl groups excluding tert-OH is 3. The molecule has 5 nitrogen and oxygen atoms in total. The van der Waals surface area contributed by atoms with Gasteiger partial charge in [0.05, 0.1) is 26.4 Å². The number of ether oxygens (including phenoxy) is 1. The normalized spacial score (nSPS) is 13.4. The van der Waals surface area contributed by atoms with E-state index in [1.807, 2.05) is 6.92 Å². The van der Waals surface area contributed by atoms with E-state index in [-0.39, 0.29) is 13.2 Å². The first kappa shape index (κ1) is 23.8. The molecule has 0 aromatic rings. The Morgan fingerprint density at radius 3 is 1.88 bits per heavy atom. The summed E-state index contributed by atoms with van der Waals surface area (Å²) in [4.78, 5) is 0. The third-order valence-corrected chi connectivity index (χ3v) is 4.87. The Bertz CT molecular complexity index is 258. The second-order valence-electron chi connectivity index (χ2n) is 6.94. The predicted octanol–water partition coefficient (Wildman–Crippen LogP) is 2.33. The number of nitrogens with zero attached hydrogens (tertiary/aromatic N) is 1. The van der Waals surface area contributed by atoms with Gasteiger partial charge in [-0.05, 0) is 13.3 Å². The zero-order valence-electron chi connectivity index (χ0n) is 16.1. The largest absolute Gasteiger partial charge is 0.391 e. The Morgan fingerprint density at radius 2 is 1.38 bits per heavy atom. The average molecular weight is 349 g/mol. The van der Waals surface area contributed by atoms with Gasteiger partial charge in [0.1, 0.15) is 25.7 Å². The van der Waals surface area contributed by atoms with Crippen LogP contribution >= 0.6 is 0 Å². The van der Waals surface area contributed by atoms with Crippen molar-refractivity contribution in [1.29, 1.82) is 0 Å². The fourth-order valence-electron chi connectivity index (χ4n) is 3.22. The first-order valence-corrected chi connectivity index (χ1v) is 9.96. The van der Waals surface area contributed by atoms with Crippen molar-refractivity contribution in [1.82, 2.24) is 0 Å². The number of aliphatic hydroxyl groups is 3. The SMILES string of the molecule is CCCCCCCCCCOCC(O)C[N+](CC)(CCO)CCO. The standard InChI is InChI=1S/C19H42NO4/c1-3-5-6-7-8-9-10-11-16-24-18-19(23)17-20(4-2,12-14-21)13-15-22/h19,21-23H,3-18H2,1-2H3/q+1. The molecule has 3 N–H and O–H groups in total. The van der Waals surface area contributed by atoms with Crippen LogP contribution in [0.2, 0.25) is 0 Å². The Morgan fingerprint density at radius 1 is 0.833 bits per heavy atom. The van der Waals surface area contributed by atoms with Gasteiger partial charge in [0.25, 0.3) is 0 Å². The van der Waals surface area contributed by atoms with Crippen LogP contribution < -0.4 is 0 Å². The second kappa shape index (κ2) is 16.3. The lowest BCUT2D eigenvalue weighted by atomic mass is 10.1. The second-order valence-corrected chi connectivity index (χ2v) is 6.94. The number of likely N-dealkylation sites (N-methyl/N-ethyl adjacent to an activating group) is 1. The minimum absolute atomic E-state index is 0.0691. The van der Waals surface area contributed by atoms with Gasteiger partial charge in [-0.1, -0.05) is 51.9 Å². The lowest BCUT2D eigenvalue weighted by Gasteiger charge is -2.38. The van der Waals surface area contributed by atoms with Crippen molar-refractivity contribution in [3.8, 4) is 0 Å². The fraction of sp³-hybridized carbons (Fsp3) is 1.00. The Balaban J connectivity index is 3.71. The lowest BCUT2D eigenvalue weighted by Crippen LogP contribution is -2.55. The van der Waals surface area contributed by atoms with Crippen molar-refractivity contribution in [3.63, 3.8) is 0 Å². The van der Waals surface area contributed by atoms with Crippen LogP contribution in [0.25, 0.3) is 0 Å². The number of hydrogen-bond acceptors (Lipinski definition) is 4. The van der Waals surface area contributed by atoms with E-state index in [4.69, 9.17) is 4.74 Å². The summed E-state index contributed by atoms with van der Waals surface area (Å²) in [6, 6.07) is 0. The minimum Gasteiger partial charge on any atom is -0.391 e. The predicted molar refractivity (Wildman–Crippen MR) is 99.0 cm³/mol. The summed E-state index contributed by atoms with van der Waals surface area (Å²) < 4.78 is 6.14. The van der Waals surface area contributed by atoms with E-state index in [1.54, 1.807) is 0 Å². The monoisotopic (exact) mass is 348 g/mol. The minimum atomic E-state index is -0.544. The van der Waals surface area contributed by atoms with E-state index in [2.05, 4.69) is 6.92 Å². The number of hydrogen-bond donors (Lipinski definition) is 3. The highest BCUT2D eigenvalue weighted by Crippen LogP contribution is 2.10. The van der Waals surface area contributed by atoms with E-state index in [9.17, 15) is 15.3 Å². The van der Waals surface area contributed by atoms with Gasteiger partial charge in [-0.3, -0.25) is 0 Å². The third kappa shape index (κ3) is 12.2. The Kier molecular flexibility index (Phi) is 16.1. The quantitative estimate of drug-likeness (QED) is 0.263. The third-order valence-electron chi connectivity index (χ3n) is 4.87. The van der Waals surface area contributed by atoms with E-state index < -0.39 is 6.10 Å². The molecule has 0 rings (SSSR count). The van der Waals surface area contributed by atoms with Gasteiger partial charge in [0.15, 0.2) is 0 Å². The first-order valence-electron chi connectivity index (χ1n) is 9.96. The molecular formula is C19H42NO4+. The van der Waals surface area contributed by atoms with Gasteiger partial charge in [-0.2, -0.15) is 0 Å². The molecule has 0 heterocycles. The summed E-state index contributed by atoms with van der Waals surface area (Å²) in [5.41, 5.74) is 0. The van der Waals surface area contributed by atoms with E-state index in [0.717, 1.165) is 13.0 Å². The highest BCUT2D eigenvalue weighted by atomic mass is 16.5. The van der Waals surface area contributed by atoms with Crippen molar-refractivity contribution in [2.75, 3.05) is 52.6 Å². The first-order chi connectivity index (χ1) is 11.6. The van der Waals surface area contributed by atoms with Gasteiger partial charge in [0.2, 0.25) is 0 Å². The van der Waals surface area contributed by atoms with Gasteiger partial charge in [-0.15, -0.1) is 0 Å². The molecule has 0 aliphatic rings. The van der Waals surface area contributed by atoms with E-state index in [1.165, 1.54) is 44.9 Å². The average Bonchev–Trinajstić information content (AvgIpc) is 2.57. The van der Waals surface area contributed by atoms with Crippen LogP contribution in [0.5, 0.6) is 0 Å². The van der Waals surface area contributed by atoms with Crippen molar-refractivity contribution in [2.45, 2.75) is 71.3 Å². The van der Waals surface area contributed by atoms with Gasteiger partial charge in [-0.25, -0.2) is 0 Å². The van der Waals surface area contributed by atoms with Crippen molar-refractivity contribution in [3.05, 3.63) is 0 Å². The smallest absolute Gasteiger partial charge is 0.126 e. The molecule has 24 heavy (non-hydrogen) atoms. The zero-order chi connectivity index (χ0) is 18.1. The van der Waals surface area contributed by atoms with Crippen LogP contribution in [0.1, 0.15) is 65.2 Å². The molecule has 0 aromatic carbocycles. The molecule has 0 spiro atoms. The van der Waals surface area contributed by atoms with Gasteiger partial charge in [0, 0.05) is 6.61 Å². The number of quaternary nitrogens is 1. The molecule has 0 saturated heterocycles. The van der Waals surface area contributed by atoms with Crippen LogP contribution in [0.15, 0.2) is 0 Å². The van der Waals surface area contributed by atoms with Crippen molar-refractivity contribution < 1.29 is 24.5 Å². The molecule has 5 heteroatoms.